The molecule has 0 atom stereocenters. The van der Waals surface area contributed by atoms with E-state index >= 15 is 0 Å². The predicted octanol–water partition coefficient (Wildman–Crippen LogP) is 2.49. The molecule has 20 heavy (non-hydrogen) atoms. The zero-order chi connectivity index (χ0) is 13.9. The van der Waals surface area contributed by atoms with E-state index < -0.39 is 0 Å². The van der Waals surface area contributed by atoms with Crippen molar-refractivity contribution < 1.29 is 4.42 Å². The Labute approximate surface area is 117 Å². The molecule has 0 fully saturated rings. The van der Waals surface area contributed by atoms with E-state index in [1.54, 1.807) is 0 Å². The van der Waals surface area contributed by atoms with Crippen molar-refractivity contribution in [3.05, 3.63) is 47.7 Å². The molecule has 0 spiro atoms. The van der Waals surface area contributed by atoms with Crippen LogP contribution in [0.4, 0.5) is 0 Å². The van der Waals surface area contributed by atoms with Crippen LogP contribution >= 0.6 is 0 Å². The van der Waals surface area contributed by atoms with Crippen molar-refractivity contribution in [1.29, 1.82) is 0 Å². The van der Waals surface area contributed by atoms with Crippen LogP contribution in [-0.2, 0) is 13.1 Å². The van der Waals surface area contributed by atoms with Gasteiger partial charge < -0.3 is 9.73 Å². The fraction of sp³-hybridized carbons (Fsp3) is 0.333. The molecule has 0 aromatic carbocycles. The van der Waals surface area contributed by atoms with Gasteiger partial charge in [-0.2, -0.15) is 5.10 Å². The molecule has 0 bridgehead atoms. The van der Waals surface area contributed by atoms with E-state index in [0.29, 0.717) is 6.54 Å². The number of pyridine rings is 1. The zero-order valence-corrected chi connectivity index (χ0v) is 11.8. The maximum Gasteiger partial charge on any atom is 0.158 e. The Hall–Kier alpha value is -2.14. The fourth-order valence-electron chi connectivity index (χ4n) is 2.22. The van der Waals surface area contributed by atoms with E-state index in [1.807, 2.05) is 36.1 Å². The quantitative estimate of drug-likeness (QED) is 0.774. The highest BCUT2D eigenvalue weighted by atomic mass is 16.3. The van der Waals surface area contributed by atoms with Crippen LogP contribution in [0, 0.1) is 6.92 Å². The summed E-state index contributed by atoms with van der Waals surface area (Å²) in [6.07, 6.45) is 3.75. The van der Waals surface area contributed by atoms with Gasteiger partial charge in [-0.05, 0) is 37.2 Å². The summed E-state index contributed by atoms with van der Waals surface area (Å²) in [4.78, 5) is 4.52. The van der Waals surface area contributed by atoms with Gasteiger partial charge in [0.25, 0.3) is 0 Å². The second kappa shape index (κ2) is 5.46. The average Bonchev–Trinajstić information content (AvgIpc) is 3.04. The van der Waals surface area contributed by atoms with Crippen LogP contribution in [0.3, 0.4) is 0 Å². The molecule has 0 saturated heterocycles. The number of hydrogen-bond donors (Lipinski definition) is 1. The summed E-state index contributed by atoms with van der Waals surface area (Å²) >= 11 is 0. The number of hydrogen-bond acceptors (Lipinski definition) is 4. The van der Waals surface area contributed by atoms with Crippen molar-refractivity contribution in [3.63, 3.8) is 0 Å². The number of rotatable bonds is 5. The smallest absolute Gasteiger partial charge is 0.158 e. The van der Waals surface area contributed by atoms with Crippen LogP contribution < -0.4 is 5.32 Å². The molecule has 3 heterocycles. The molecule has 3 rings (SSSR count). The summed E-state index contributed by atoms with van der Waals surface area (Å²) < 4.78 is 7.45. The lowest BCUT2D eigenvalue weighted by Gasteiger charge is -2.03. The van der Waals surface area contributed by atoms with Crippen LogP contribution in [0.5, 0.6) is 0 Å². The van der Waals surface area contributed by atoms with Gasteiger partial charge in [0.05, 0.1) is 6.20 Å². The van der Waals surface area contributed by atoms with Gasteiger partial charge in [0.1, 0.15) is 18.1 Å². The standard InChI is InChI=1S/C15H18N4O/c1-3-16-7-12-6-13-9-18-19(15(13)17-8-12)10-14-5-4-11(2)20-14/h4-6,8-9,16H,3,7,10H2,1-2H3. The fourth-order valence-corrected chi connectivity index (χ4v) is 2.22. The maximum absolute atomic E-state index is 5.58. The molecule has 5 nitrogen and oxygen atoms in total. The predicted molar refractivity (Wildman–Crippen MR) is 77.5 cm³/mol. The third-order valence-corrected chi connectivity index (χ3v) is 3.21. The van der Waals surface area contributed by atoms with Crippen molar-refractivity contribution >= 4 is 11.0 Å². The van der Waals surface area contributed by atoms with Gasteiger partial charge in [-0.1, -0.05) is 6.92 Å². The van der Waals surface area contributed by atoms with Crippen LogP contribution in [0.2, 0.25) is 0 Å². The van der Waals surface area contributed by atoms with E-state index in [-0.39, 0.29) is 0 Å². The molecule has 0 unspecified atom stereocenters. The largest absolute Gasteiger partial charge is 0.464 e. The summed E-state index contributed by atoms with van der Waals surface area (Å²) in [5.74, 6) is 1.81. The highest BCUT2D eigenvalue weighted by molar-refractivity contribution is 5.75. The van der Waals surface area contributed by atoms with Crippen molar-refractivity contribution in [2.24, 2.45) is 0 Å². The van der Waals surface area contributed by atoms with Crippen LogP contribution in [0.1, 0.15) is 24.0 Å². The van der Waals surface area contributed by atoms with Crippen molar-refractivity contribution in [2.75, 3.05) is 6.54 Å². The highest BCUT2D eigenvalue weighted by Gasteiger charge is 2.07. The van der Waals surface area contributed by atoms with Gasteiger partial charge in [0.2, 0.25) is 0 Å². The van der Waals surface area contributed by atoms with Crippen LogP contribution in [0.15, 0.2) is 35.0 Å². The third kappa shape index (κ3) is 2.58. The number of aromatic nitrogens is 3. The molecule has 0 saturated carbocycles. The molecule has 3 aromatic rings. The summed E-state index contributed by atoms with van der Waals surface area (Å²) in [6, 6.07) is 6.06. The Morgan fingerprint density at radius 3 is 2.95 bits per heavy atom. The Balaban J connectivity index is 1.85. The Bertz CT molecular complexity index is 714. The van der Waals surface area contributed by atoms with Crippen molar-refractivity contribution in [2.45, 2.75) is 26.9 Å². The Kier molecular flexibility index (Phi) is 3.52. The molecular formula is C15H18N4O. The minimum absolute atomic E-state index is 0.608. The lowest BCUT2D eigenvalue weighted by atomic mass is 10.2. The van der Waals surface area contributed by atoms with Gasteiger partial charge >= 0.3 is 0 Å². The minimum Gasteiger partial charge on any atom is -0.464 e. The van der Waals surface area contributed by atoms with Crippen LogP contribution in [-0.4, -0.2) is 21.3 Å². The van der Waals surface area contributed by atoms with E-state index in [2.05, 4.69) is 28.4 Å². The topological polar surface area (TPSA) is 55.9 Å². The summed E-state index contributed by atoms with van der Waals surface area (Å²) in [5.41, 5.74) is 2.06. The minimum atomic E-state index is 0.608. The second-order valence-electron chi connectivity index (χ2n) is 4.85. The molecule has 0 aliphatic rings. The summed E-state index contributed by atoms with van der Waals surface area (Å²) in [5, 5.41) is 8.75. The van der Waals surface area contributed by atoms with E-state index in [0.717, 1.165) is 35.6 Å². The molecule has 104 valence electrons. The maximum atomic E-state index is 5.58. The third-order valence-electron chi connectivity index (χ3n) is 3.21. The van der Waals surface area contributed by atoms with Gasteiger partial charge in [0, 0.05) is 18.1 Å². The Morgan fingerprint density at radius 2 is 2.20 bits per heavy atom. The first-order valence-corrected chi connectivity index (χ1v) is 6.82. The number of furan rings is 1. The summed E-state index contributed by atoms with van der Waals surface area (Å²) in [6.45, 7) is 6.43. The van der Waals surface area contributed by atoms with Crippen LogP contribution in [0.25, 0.3) is 11.0 Å². The van der Waals surface area contributed by atoms with Crippen molar-refractivity contribution in [3.8, 4) is 0 Å². The normalized spacial score (nSPS) is 11.3. The Morgan fingerprint density at radius 1 is 1.30 bits per heavy atom. The van der Waals surface area contributed by atoms with Crippen molar-refractivity contribution in [1.82, 2.24) is 20.1 Å². The first kappa shape index (κ1) is 12.9. The number of aryl methyl sites for hydroxylation is 1. The van der Waals surface area contributed by atoms with E-state index in [1.165, 1.54) is 5.56 Å². The van der Waals surface area contributed by atoms with Gasteiger partial charge in [0.15, 0.2) is 5.65 Å². The molecule has 0 aliphatic carbocycles. The molecule has 0 aliphatic heterocycles. The molecule has 1 N–H and O–H groups in total. The monoisotopic (exact) mass is 270 g/mol. The molecule has 3 aromatic heterocycles. The molecule has 5 heteroatoms. The average molecular weight is 270 g/mol. The van der Waals surface area contributed by atoms with Gasteiger partial charge in [-0.25, -0.2) is 9.67 Å². The van der Waals surface area contributed by atoms with Gasteiger partial charge in [-0.3, -0.25) is 0 Å². The SMILES string of the molecule is CCNCc1cnc2c(cnn2Cc2ccc(C)o2)c1. The number of nitrogens with one attached hydrogen (secondary N) is 1. The number of nitrogens with zero attached hydrogens (tertiary/aromatic N) is 3. The molecular weight excluding hydrogens is 252 g/mol. The molecule has 0 radical (unpaired) electrons. The highest BCUT2D eigenvalue weighted by Crippen LogP contribution is 2.15. The number of fused-ring (bicyclic) bond motifs is 1. The summed E-state index contributed by atoms with van der Waals surface area (Å²) in [7, 11) is 0. The first-order valence-electron chi connectivity index (χ1n) is 6.82. The molecule has 0 amide bonds. The first-order chi connectivity index (χ1) is 9.76. The zero-order valence-electron chi connectivity index (χ0n) is 11.8. The lowest BCUT2D eigenvalue weighted by Crippen LogP contribution is -2.11. The van der Waals surface area contributed by atoms with E-state index in [4.69, 9.17) is 4.42 Å². The lowest BCUT2D eigenvalue weighted by molar-refractivity contribution is 0.462. The van der Waals surface area contributed by atoms with Gasteiger partial charge in [-0.15, -0.1) is 0 Å². The second-order valence-corrected chi connectivity index (χ2v) is 4.85. The van der Waals surface area contributed by atoms with E-state index in [9.17, 15) is 0 Å².